The van der Waals surface area contributed by atoms with Crippen LogP contribution in [-0.4, -0.2) is 32.4 Å². The maximum absolute atomic E-state index is 13.0. The smallest absolute Gasteiger partial charge is 0.243 e. The highest BCUT2D eigenvalue weighted by Crippen LogP contribution is 2.28. The molecule has 3 rings (SSSR count). The van der Waals surface area contributed by atoms with Gasteiger partial charge in [0.15, 0.2) is 0 Å². The van der Waals surface area contributed by atoms with Crippen LogP contribution in [0.5, 0.6) is 0 Å². The Morgan fingerprint density at radius 1 is 1.08 bits per heavy atom. The van der Waals surface area contributed by atoms with E-state index in [1.54, 1.807) is 12.1 Å². The fourth-order valence-electron chi connectivity index (χ4n) is 3.15. The summed E-state index contributed by atoms with van der Waals surface area (Å²) in [4.78, 5) is 0.349. The number of aryl methyl sites for hydroxylation is 1. The van der Waals surface area contributed by atoms with Gasteiger partial charge in [-0.15, -0.1) is 0 Å². The minimum absolute atomic E-state index is 0.223. The van der Waals surface area contributed by atoms with Gasteiger partial charge in [0.05, 0.1) is 17.6 Å². The van der Waals surface area contributed by atoms with Gasteiger partial charge in [-0.25, -0.2) is 8.42 Å². The van der Waals surface area contributed by atoms with E-state index in [1.165, 1.54) is 4.31 Å². The molecule has 134 valence electrons. The second-order valence-corrected chi connectivity index (χ2v) is 8.74. The molecule has 0 N–H and O–H groups in total. The zero-order valence-electron chi connectivity index (χ0n) is 15.0. The van der Waals surface area contributed by atoms with Crippen molar-refractivity contribution in [3.05, 3.63) is 65.2 Å². The molecule has 0 saturated carbocycles. The van der Waals surface area contributed by atoms with Gasteiger partial charge in [0, 0.05) is 13.1 Å². The van der Waals surface area contributed by atoms with Gasteiger partial charge in [-0.1, -0.05) is 50.2 Å². The maximum atomic E-state index is 13.0. The van der Waals surface area contributed by atoms with Crippen LogP contribution in [0.25, 0.3) is 0 Å². The molecule has 0 amide bonds. The molecule has 0 aromatic heterocycles. The lowest BCUT2D eigenvalue weighted by molar-refractivity contribution is -0.00288. The van der Waals surface area contributed by atoms with Crippen LogP contribution in [0.15, 0.2) is 53.4 Å². The Balaban J connectivity index is 1.83. The first kappa shape index (κ1) is 18.1. The number of hydrogen-bond donors (Lipinski definition) is 0. The van der Waals surface area contributed by atoms with E-state index in [0.717, 1.165) is 16.7 Å². The van der Waals surface area contributed by atoms with E-state index in [0.29, 0.717) is 30.5 Å². The second kappa shape index (κ2) is 7.28. The molecule has 0 aliphatic carbocycles. The summed E-state index contributed by atoms with van der Waals surface area (Å²) in [6.07, 6.45) is -0.223. The summed E-state index contributed by atoms with van der Waals surface area (Å²) in [5, 5.41) is 0. The fraction of sp³-hybridized carbons (Fsp3) is 0.400. The summed E-state index contributed by atoms with van der Waals surface area (Å²) >= 11 is 0. The van der Waals surface area contributed by atoms with Crippen LogP contribution in [0.4, 0.5) is 0 Å². The van der Waals surface area contributed by atoms with Crippen molar-refractivity contribution in [1.82, 2.24) is 4.31 Å². The minimum atomic E-state index is -3.50. The van der Waals surface area contributed by atoms with Crippen LogP contribution in [0.1, 0.15) is 42.6 Å². The zero-order valence-corrected chi connectivity index (χ0v) is 15.8. The summed E-state index contributed by atoms with van der Waals surface area (Å²) < 4.78 is 33.4. The molecular weight excluding hydrogens is 334 g/mol. The van der Waals surface area contributed by atoms with Crippen molar-refractivity contribution in [3.8, 4) is 0 Å². The molecule has 5 heteroatoms. The zero-order chi connectivity index (χ0) is 18.0. The molecule has 1 saturated heterocycles. The third kappa shape index (κ3) is 3.78. The molecule has 25 heavy (non-hydrogen) atoms. The number of benzene rings is 2. The van der Waals surface area contributed by atoms with Crippen LogP contribution in [0.2, 0.25) is 0 Å². The molecule has 1 aliphatic rings. The average Bonchev–Trinajstić information content (AvgIpc) is 2.62. The van der Waals surface area contributed by atoms with Crippen LogP contribution in [-0.2, 0) is 14.8 Å². The van der Waals surface area contributed by atoms with E-state index >= 15 is 0 Å². The van der Waals surface area contributed by atoms with Crippen molar-refractivity contribution in [2.24, 2.45) is 0 Å². The molecular formula is C20H25NO3S. The molecule has 0 spiro atoms. The third-order valence-corrected chi connectivity index (χ3v) is 6.63. The summed E-state index contributed by atoms with van der Waals surface area (Å²) in [7, 11) is -3.50. The van der Waals surface area contributed by atoms with Crippen molar-refractivity contribution in [2.75, 3.05) is 19.7 Å². The van der Waals surface area contributed by atoms with Crippen LogP contribution in [0.3, 0.4) is 0 Å². The Bertz CT molecular complexity index is 828. The predicted octanol–water partition coefficient (Wildman–Crippen LogP) is 3.88. The van der Waals surface area contributed by atoms with Crippen LogP contribution in [0, 0.1) is 6.92 Å². The van der Waals surface area contributed by atoms with Gasteiger partial charge in [0.1, 0.15) is 0 Å². The Hall–Kier alpha value is -1.69. The van der Waals surface area contributed by atoms with Gasteiger partial charge in [0.2, 0.25) is 10.0 Å². The molecule has 1 heterocycles. The van der Waals surface area contributed by atoms with Gasteiger partial charge in [0.25, 0.3) is 0 Å². The molecule has 4 nitrogen and oxygen atoms in total. The lowest BCUT2D eigenvalue weighted by atomic mass is 10.0. The van der Waals surface area contributed by atoms with E-state index in [4.69, 9.17) is 4.74 Å². The first-order chi connectivity index (χ1) is 11.9. The van der Waals surface area contributed by atoms with Crippen molar-refractivity contribution in [2.45, 2.75) is 37.7 Å². The topological polar surface area (TPSA) is 46.6 Å². The lowest BCUT2D eigenvalue weighted by Crippen LogP contribution is -2.42. The highest BCUT2D eigenvalue weighted by Gasteiger charge is 2.32. The van der Waals surface area contributed by atoms with Gasteiger partial charge in [-0.3, -0.25) is 0 Å². The van der Waals surface area contributed by atoms with E-state index < -0.39 is 10.0 Å². The van der Waals surface area contributed by atoms with E-state index in [2.05, 4.69) is 13.8 Å². The number of ether oxygens (including phenoxy) is 1. The van der Waals surface area contributed by atoms with E-state index in [-0.39, 0.29) is 6.10 Å². The molecule has 0 bridgehead atoms. The largest absolute Gasteiger partial charge is 0.371 e. The fourth-order valence-corrected chi connectivity index (χ4v) is 4.58. The molecule has 1 atom stereocenters. The van der Waals surface area contributed by atoms with E-state index in [1.807, 2.05) is 43.3 Å². The lowest BCUT2D eigenvalue weighted by Gasteiger charge is -2.33. The van der Waals surface area contributed by atoms with Crippen molar-refractivity contribution >= 4 is 10.0 Å². The number of rotatable bonds is 4. The molecule has 1 unspecified atom stereocenters. The second-order valence-electron chi connectivity index (χ2n) is 6.80. The normalized spacial score (nSPS) is 19.3. The summed E-state index contributed by atoms with van der Waals surface area (Å²) in [6.45, 7) is 7.35. The van der Waals surface area contributed by atoms with E-state index in [9.17, 15) is 8.42 Å². The SMILES string of the molecule is Cc1ccccc1C1CN(S(=O)(=O)c2ccc(C(C)C)cc2)CCO1. The van der Waals surface area contributed by atoms with Crippen molar-refractivity contribution in [3.63, 3.8) is 0 Å². The maximum Gasteiger partial charge on any atom is 0.243 e. The van der Waals surface area contributed by atoms with Gasteiger partial charge in [-0.05, 0) is 41.7 Å². The summed E-state index contributed by atoms with van der Waals surface area (Å²) in [5.41, 5.74) is 3.31. The number of morpholine rings is 1. The first-order valence-electron chi connectivity index (χ1n) is 8.67. The predicted molar refractivity (Wildman–Crippen MR) is 99.2 cm³/mol. The Morgan fingerprint density at radius 3 is 2.40 bits per heavy atom. The number of hydrogen-bond acceptors (Lipinski definition) is 3. The summed E-state index contributed by atoms with van der Waals surface area (Å²) in [5.74, 6) is 0.380. The Morgan fingerprint density at radius 2 is 1.76 bits per heavy atom. The summed E-state index contributed by atoms with van der Waals surface area (Å²) in [6, 6.07) is 15.2. The third-order valence-electron chi connectivity index (χ3n) is 4.75. The van der Waals surface area contributed by atoms with Gasteiger partial charge in [-0.2, -0.15) is 4.31 Å². The highest BCUT2D eigenvalue weighted by molar-refractivity contribution is 7.89. The Kier molecular flexibility index (Phi) is 5.27. The standard InChI is InChI=1S/C20H25NO3S/c1-15(2)17-8-10-18(11-9-17)25(22,23)21-12-13-24-20(14-21)19-7-5-4-6-16(19)3/h4-11,15,20H,12-14H2,1-3H3. The molecule has 1 aliphatic heterocycles. The molecule has 0 radical (unpaired) electrons. The van der Waals surface area contributed by atoms with Crippen LogP contribution >= 0.6 is 0 Å². The molecule has 2 aromatic rings. The van der Waals surface area contributed by atoms with Crippen LogP contribution < -0.4 is 0 Å². The molecule has 1 fully saturated rings. The number of sulfonamides is 1. The average molecular weight is 359 g/mol. The first-order valence-corrected chi connectivity index (χ1v) is 10.1. The van der Waals surface area contributed by atoms with Crippen molar-refractivity contribution in [1.29, 1.82) is 0 Å². The van der Waals surface area contributed by atoms with Gasteiger partial charge >= 0.3 is 0 Å². The molecule has 2 aromatic carbocycles. The van der Waals surface area contributed by atoms with Crippen molar-refractivity contribution < 1.29 is 13.2 Å². The highest BCUT2D eigenvalue weighted by atomic mass is 32.2. The number of nitrogens with zero attached hydrogens (tertiary/aromatic N) is 1. The van der Waals surface area contributed by atoms with Gasteiger partial charge < -0.3 is 4.74 Å². The monoisotopic (exact) mass is 359 g/mol. The quantitative estimate of drug-likeness (QED) is 0.832. The minimum Gasteiger partial charge on any atom is -0.371 e. The Labute approximate surface area is 150 Å².